The Morgan fingerprint density at radius 2 is 1.78 bits per heavy atom. The molecular formula is C20H23N5OS. The van der Waals surface area contributed by atoms with Gasteiger partial charge in [0.05, 0.1) is 28.5 Å². The molecule has 0 fully saturated rings. The van der Waals surface area contributed by atoms with Gasteiger partial charge in [0.2, 0.25) is 5.91 Å². The average molecular weight is 382 g/mol. The Kier molecular flexibility index (Phi) is 5.60. The van der Waals surface area contributed by atoms with Gasteiger partial charge in [-0.05, 0) is 52.8 Å². The van der Waals surface area contributed by atoms with Gasteiger partial charge in [0.1, 0.15) is 10.9 Å². The fraction of sp³-hybridized carbons (Fsp3) is 0.300. The summed E-state index contributed by atoms with van der Waals surface area (Å²) in [6.45, 7) is 9.68. The van der Waals surface area contributed by atoms with Crippen LogP contribution in [-0.2, 0) is 4.79 Å². The molecule has 0 radical (unpaired) electrons. The van der Waals surface area contributed by atoms with Gasteiger partial charge in [-0.25, -0.2) is 14.6 Å². The Balaban J connectivity index is 1.71. The highest BCUT2D eigenvalue weighted by Gasteiger charge is 2.15. The number of amides is 1. The van der Waals surface area contributed by atoms with Crippen LogP contribution < -0.4 is 5.32 Å². The number of aromatic nitrogens is 4. The zero-order chi connectivity index (χ0) is 19.6. The van der Waals surface area contributed by atoms with Gasteiger partial charge >= 0.3 is 0 Å². The number of carbonyl (C=O) groups excluding carboxylic acids is 1. The maximum Gasteiger partial charge on any atom is 0.234 e. The molecule has 3 rings (SSSR count). The normalized spacial score (nSPS) is 10.9. The largest absolute Gasteiger partial charge is 0.322 e. The molecule has 7 heteroatoms. The molecule has 0 saturated heterocycles. The molecular weight excluding hydrogens is 358 g/mol. The number of rotatable bonds is 5. The highest BCUT2D eigenvalue weighted by Crippen LogP contribution is 2.24. The van der Waals surface area contributed by atoms with E-state index in [4.69, 9.17) is 0 Å². The molecule has 1 amide bonds. The van der Waals surface area contributed by atoms with Crippen molar-refractivity contribution in [2.24, 2.45) is 0 Å². The predicted molar refractivity (Wildman–Crippen MR) is 109 cm³/mol. The van der Waals surface area contributed by atoms with E-state index in [2.05, 4.69) is 27.3 Å². The first-order valence-electron chi connectivity index (χ1n) is 8.71. The quantitative estimate of drug-likeness (QED) is 0.535. The summed E-state index contributed by atoms with van der Waals surface area (Å²) in [6.07, 6.45) is 0. The van der Waals surface area contributed by atoms with Crippen molar-refractivity contribution in [3.05, 3.63) is 58.8 Å². The molecule has 0 saturated carbocycles. The number of hydrogen-bond acceptors (Lipinski definition) is 5. The first kappa shape index (κ1) is 19.1. The molecule has 0 atom stereocenters. The number of hydrogen-bond donors (Lipinski definition) is 1. The minimum Gasteiger partial charge on any atom is -0.322 e. The third kappa shape index (κ3) is 4.54. The van der Waals surface area contributed by atoms with Crippen LogP contribution in [0.1, 0.15) is 28.5 Å². The maximum atomic E-state index is 12.4. The summed E-state index contributed by atoms with van der Waals surface area (Å²) in [4.78, 5) is 21.0. The molecule has 0 unspecified atom stereocenters. The number of carbonyl (C=O) groups is 1. The van der Waals surface area contributed by atoms with E-state index in [9.17, 15) is 4.79 Å². The molecule has 0 aliphatic heterocycles. The summed E-state index contributed by atoms with van der Waals surface area (Å²) < 4.78 is 1.86. The van der Waals surface area contributed by atoms with Crippen molar-refractivity contribution >= 4 is 23.4 Å². The Bertz CT molecular complexity index is 959. The lowest BCUT2D eigenvalue weighted by Crippen LogP contribution is -2.15. The number of nitrogens with one attached hydrogen (secondary N) is 1. The number of benzene rings is 1. The number of thioether (sulfide) groups is 1. The smallest absolute Gasteiger partial charge is 0.234 e. The van der Waals surface area contributed by atoms with Gasteiger partial charge < -0.3 is 5.32 Å². The van der Waals surface area contributed by atoms with Crippen LogP contribution in [0.4, 0.5) is 5.69 Å². The van der Waals surface area contributed by atoms with Crippen LogP contribution in [-0.4, -0.2) is 31.4 Å². The minimum absolute atomic E-state index is 0.0800. The summed E-state index contributed by atoms with van der Waals surface area (Å²) in [5.74, 6) is 0.914. The Labute approximate surface area is 163 Å². The van der Waals surface area contributed by atoms with E-state index in [0.717, 1.165) is 33.5 Å². The fourth-order valence-corrected chi connectivity index (χ4v) is 3.63. The summed E-state index contributed by atoms with van der Waals surface area (Å²) in [5.41, 5.74) is 5.53. The molecule has 6 nitrogen and oxygen atoms in total. The molecule has 2 aromatic heterocycles. The monoisotopic (exact) mass is 381 g/mol. The van der Waals surface area contributed by atoms with Crippen LogP contribution >= 0.6 is 11.8 Å². The van der Waals surface area contributed by atoms with Crippen molar-refractivity contribution in [3.8, 4) is 5.69 Å². The SMILES string of the molecule is Cc1ccc(-n2nc(C)c(NC(=O)CSc3cc(C)nc(C)n3)c2C)cc1. The zero-order valence-electron chi connectivity index (χ0n) is 16.2. The van der Waals surface area contributed by atoms with Gasteiger partial charge in [0.15, 0.2) is 0 Å². The highest BCUT2D eigenvalue weighted by molar-refractivity contribution is 7.99. The Hall–Kier alpha value is -2.67. The first-order valence-corrected chi connectivity index (χ1v) is 9.70. The van der Waals surface area contributed by atoms with Crippen LogP contribution in [0.3, 0.4) is 0 Å². The Morgan fingerprint density at radius 3 is 2.44 bits per heavy atom. The average Bonchev–Trinajstić information content (AvgIpc) is 2.88. The zero-order valence-corrected chi connectivity index (χ0v) is 17.0. The van der Waals surface area contributed by atoms with Crippen molar-refractivity contribution in [3.63, 3.8) is 0 Å². The van der Waals surface area contributed by atoms with E-state index in [1.54, 1.807) is 0 Å². The molecule has 1 aromatic carbocycles. The summed E-state index contributed by atoms with van der Waals surface area (Å²) >= 11 is 1.40. The van der Waals surface area contributed by atoms with Crippen LogP contribution in [0.5, 0.6) is 0 Å². The predicted octanol–water partition coefficient (Wildman–Crippen LogP) is 3.94. The molecule has 3 aromatic rings. The number of aryl methyl sites for hydroxylation is 4. The van der Waals surface area contributed by atoms with E-state index in [-0.39, 0.29) is 11.7 Å². The lowest BCUT2D eigenvalue weighted by Gasteiger charge is -2.08. The first-order chi connectivity index (χ1) is 12.8. The van der Waals surface area contributed by atoms with Crippen LogP contribution in [0.25, 0.3) is 5.69 Å². The molecule has 0 aliphatic carbocycles. The third-order valence-corrected chi connectivity index (χ3v) is 5.04. The number of nitrogens with zero attached hydrogens (tertiary/aromatic N) is 4. The topological polar surface area (TPSA) is 72.7 Å². The van der Waals surface area contributed by atoms with Crippen molar-refractivity contribution in [1.29, 1.82) is 0 Å². The van der Waals surface area contributed by atoms with Gasteiger partial charge in [-0.2, -0.15) is 5.10 Å². The summed E-state index contributed by atoms with van der Waals surface area (Å²) in [5, 5.41) is 8.38. The van der Waals surface area contributed by atoms with Gasteiger partial charge in [-0.15, -0.1) is 0 Å². The number of anilines is 1. The van der Waals surface area contributed by atoms with E-state index in [1.165, 1.54) is 17.3 Å². The van der Waals surface area contributed by atoms with E-state index in [0.29, 0.717) is 5.82 Å². The van der Waals surface area contributed by atoms with Crippen LogP contribution in [0.2, 0.25) is 0 Å². The fourth-order valence-electron chi connectivity index (χ4n) is 2.83. The van der Waals surface area contributed by atoms with Gasteiger partial charge in [-0.1, -0.05) is 29.5 Å². The van der Waals surface area contributed by atoms with Gasteiger partial charge in [0, 0.05) is 5.69 Å². The van der Waals surface area contributed by atoms with Gasteiger partial charge in [0.25, 0.3) is 0 Å². The lowest BCUT2D eigenvalue weighted by atomic mass is 10.2. The molecule has 140 valence electrons. The summed E-state index contributed by atoms with van der Waals surface area (Å²) in [6, 6.07) is 10.0. The van der Waals surface area contributed by atoms with Crippen molar-refractivity contribution in [2.75, 3.05) is 11.1 Å². The molecule has 0 bridgehead atoms. The molecule has 1 N–H and O–H groups in total. The van der Waals surface area contributed by atoms with Crippen LogP contribution in [0.15, 0.2) is 35.4 Å². The third-order valence-electron chi connectivity index (χ3n) is 4.13. The van der Waals surface area contributed by atoms with E-state index < -0.39 is 0 Å². The van der Waals surface area contributed by atoms with Crippen molar-refractivity contribution < 1.29 is 4.79 Å². The highest BCUT2D eigenvalue weighted by atomic mass is 32.2. The molecule has 2 heterocycles. The Morgan fingerprint density at radius 1 is 1.07 bits per heavy atom. The maximum absolute atomic E-state index is 12.4. The van der Waals surface area contributed by atoms with Crippen molar-refractivity contribution in [2.45, 2.75) is 39.6 Å². The van der Waals surface area contributed by atoms with Gasteiger partial charge in [-0.3, -0.25) is 4.79 Å². The van der Waals surface area contributed by atoms with Crippen molar-refractivity contribution in [1.82, 2.24) is 19.7 Å². The molecule has 27 heavy (non-hydrogen) atoms. The standard InChI is InChI=1S/C20H23N5OS/c1-12-6-8-17(9-7-12)25-15(4)20(14(3)24-25)23-18(26)11-27-19-10-13(2)21-16(5)22-19/h6-10H,11H2,1-5H3,(H,23,26). The lowest BCUT2D eigenvalue weighted by molar-refractivity contribution is -0.113. The molecule has 0 aliphatic rings. The second-order valence-electron chi connectivity index (χ2n) is 6.52. The van der Waals surface area contributed by atoms with Crippen LogP contribution in [0, 0.1) is 34.6 Å². The molecule has 0 spiro atoms. The van der Waals surface area contributed by atoms with E-state index >= 15 is 0 Å². The second-order valence-corrected chi connectivity index (χ2v) is 7.52. The van der Waals surface area contributed by atoms with E-state index in [1.807, 2.05) is 62.7 Å². The minimum atomic E-state index is -0.0800. The second kappa shape index (κ2) is 7.92. The summed E-state index contributed by atoms with van der Waals surface area (Å²) in [7, 11) is 0.